The lowest BCUT2D eigenvalue weighted by Crippen LogP contribution is -2.01. The molecule has 0 saturated heterocycles. The number of phenolic OH excluding ortho intramolecular Hbond substituents is 1. The van der Waals surface area contributed by atoms with Crippen LogP contribution in [0.3, 0.4) is 0 Å². The van der Waals surface area contributed by atoms with E-state index in [1.807, 2.05) is 30.3 Å². The molecule has 2 aromatic carbocycles. The summed E-state index contributed by atoms with van der Waals surface area (Å²) in [6.45, 7) is 0.257. The van der Waals surface area contributed by atoms with Crippen LogP contribution in [0.2, 0.25) is 0 Å². The lowest BCUT2D eigenvalue weighted by molar-refractivity contribution is 0.269. The maximum atomic E-state index is 11.4. The van der Waals surface area contributed by atoms with Gasteiger partial charge in [-0.05, 0) is 17.7 Å². The summed E-state index contributed by atoms with van der Waals surface area (Å²) in [5.74, 6) is 0.269. The second-order valence-electron chi connectivity index (χ2n) is 4.71. The minimum atomic E-state index is -0.495. The van der Waals surface area contributed by atoms with Crippen molar-refractivity contribution in [3.8, 4) is 17.2 Å². The molecule has 0 aliphatic heterocycles. The Morgan fingerprint density at radius 1 is 1.09 bits per heavy atom. The van der Waals surface area contributed by atoms with E-state index in [2.05, 4.69) is 0 Å². The maximum absolute atomic E-state index is 11.4. The molecule has 0 amide bonds. The Morgan fingerprint density at radius 3 is 2.59 bits per heavy atom. The first-order chi connectivity index (χ1) is 10.7. The number of ether oxygens (including phenoxy) is 2. The van der Waals surface area contributed by atoms with Gasteiger partial charge in [-0.1, -0.05) is 30.3 Å². The van der Waals surface area contributed by atoms with Gasteiger partial charge in [0.05, 0.1) is 7.11 Å². The highest BCUT2D eigenvalue weighted by molar-refractivity contribution is 5.87. The van der Waals surface area contributed by atoms with Crippen molar-refractivity contribution in [2.24, 2.45) is 0 Å². The van der Waals surface area contributed by atoms with Crippen LogP contribution in [0.25, 0.3) is 11.0 Å². The highest BCUT2D eigenvalue weighted by atomic mass is 16.5. The molecule has 0 unspecified atom stereocenters. The molecule has 0 atom stereocenters. The van der Waals surface area contributed by atoms with E-state index >= 15 is 0 Å². The SMILES string of the molecule is COc1c(OCc2ccccc2)c(O)cc2ccc(=O)oc12. The molecule has 1 heterocycles. The molecule has 0 aliphatic rings. The number of aromatic hydroxyl groups is 1. The van der Waals surface area contributed by atoms with Gasteiger partial charge in [-0.25, -0.2) is 4.79 Å². The molecular formula is C17H14O5. The second-order valence-corrected chi connectivity index (χ2v) is 4.71. The van der Waals surface area contributed by atoms with Crippen LogP contribution in [0.1, 0.15) is 5.56 Å². The molecule has 5 heteroatoms. The molecule has 0 fully saturated rings. The molecule has 0 bridgehead atoms. The lowest BCUT2D eigenvalue weighted by atomic mass is 10.2. The molecule has 0 aliphatic carbocycles. The van der Waals surface area contributed by atoms with E-state index in [0.717, 1.165) is 5.56 Å². The lowest BCUT2D eigenvalue weighted by Gasteiger charge is -2.13. The van der Waals surface area contributed by atoms with Gasteiger partial charge in [0.15, 0.2) is 11.3 Å². The predicted octanol–water partition coefficient (Wildman–Crippen LogP) is 3.09. The number of phenols is 1. The first-order valence-corrected chi connectivity index (χ1v) is 6.69. The van der Waals surface area contributed by atoms with Crippen molar-refractivity contribution in [1.82, 2.24) is 0 Å². The van der Waals surface area contributed by atoms with Crippen LogP contribution in [0.15, 0.2) is 57.7 Å². The van der Waals surface area contributed by atoms with E-state index < -0.39 is 5.63 Å². The highest BCUT2D eigenvalue weighted by Gasteiger charge is 2.18. The van der Waals surface area contributed by atoms with Gasteiger partial charge in [-0.3, -0.25) is 0 Å². The standard InChI is InChI=1S/C17H14O5/c1-20-17-15-12(7-8-14(19)22-15)9-13(18)16(17)21-10-11-5-3-2-4-6-11/h2-9,18H,10H2,1H3. The quantitative estimate of drug-likeness (QED) is 0.750. The fraction of sp³-hybridized carbons (Fsp3) is 0.118. The van der Waals surface area contributed by atoms with Crippen LogP contribution in [0.5, 0.6) is 17.2 Å². The van der Waals surface area contributed by atoms with E-state index in [9.17, 15) is 9.90 Å². The van der Waals surface area contributed by atoms with Crippen molar-refractivity contribution >= 4 is 11.0 Å². The number of fused-ring (bicyclic) bond motifs is 1. The Morgan fingerprint density at radius 2 is 1.86 bits per heavy atom. The van der Waals surface area contributed by atoms with Crippen LogP contribution in [-0.4, -0.2) is 12.2 Å². The molecule has 1 aromatic heterocycles. The number of hydrogen-bond acceptors (Lipinski definition) is 5. The van der Waals surface area contributed by atoms with Crippen LogP contribution >= 0.6 is 0 Å². The molecule has 5 nitrogen and oxygen atoms in total. The van der Waals surface area contributed by atoms with Gasteiger partial charge < -0.3 is 19.0 Å². The molecule has 0 radical (unpaired) electrons. The molecular weight excluding hydrogens is 284 g/mol. The summed E-state index contributed by atoms with van der Waals surface area (Å²) in [5.41, 5.74) is 0.694. The van der Waals surface area contributed by atoms with Crippen LogP contribution in [-0.2, 0) is 6.61 Å². The monoisotopic (exact) mass is 298 g/mol. The summed E-state index contributed by atoms with van der Waals surface area (Å²) in [6.07, 6.45) is 0. The third kappa shape index (κ3) is 2.61. The van der Waals surface area contributed by atoms with Crippen molar-refractivity contribution < 1.29 is 19.0 Å². The van der Waals surface area contributed by atoms with E-state index in [1.165, 1.54) is 19.2 Å². The second kappa shape index (κ2) is 5.81. The first kappa shape index (κ1) is 14.0. The zero-order chi connectivity index (χ0) is 15.5. The van der Waals surface area contributed by atoms with Gasteiger partial charge in [0.25, 0.3) is 0 Å². The third-order valence-electron chi connectivity index (χ3n) is 3.23. The average molecular weight is 298 g/mol. The summed E-state index contributed by atoms with van der Waals surface area (Å²) < 4.78 is 16.1. The van der Waals surface area contributed by atoms with Crippen molar-refractivity contribution in [2.45, 2.75) is 6.61 Å². The van der Waals surface area contributed by atoms with E-state index in [1.54, 1.807) is 6.07 Å². The first-order valence-electron chi connectivity index (χ1n) is 6.69. The van der Waals surface area contributed by atoms with Crippen LogP contribution < -0.4 is 15.1 Å². The molecule has 3 aromatic rings. The summed E-state index contributed by atoms with van der Waals surface area (Å²) >= 11 is 0. The van der Waals surface area contributed by atoms with Gasteiger partial charge in [-0.15, -0.1) is 0 Å². The fourth-order valence-electron chi connectivity index (χ4n) is 2.21. The van der Waals surface area contributed by atoms with Gasteiger partial charge in [-0.2, -0.15) is 0 Å². The summed E-state index contributed by atoms with van der Waals surface area (Å²) in [7, 11) is 1.43. The Balaban J connectivity index is 2.04. The molecule has 3 rings (SSSR count). The number of benzene rings is 2. The van der Waals surface area contributed by atoms with E-state index in [0.29, 0.717) is 5.39 Å². The Labute approximate surface area is 126 Å². The molecule has 1 N–H and O–H groups in total. The highest BCUT2D eigenvalue weighted by Crippen LogP contribution is 2.42. The molecule has 0 spiro atoms. The largest absolute Gasteiger partial charge is 0.504 e. The normalized spacial score (nSPS) is 10.6. The smallest absolute Gasteiger partial charge is 0.336 e. The predicted molar refractivity (Wildman–Crippen MR) is 81.5 cm³/mol. The maximum Gasteiger partial charge on any atom is 0.336 e. The van der Waals surface area contributed by atoms with Crippen LogP contribution in [0.4, 0.5) is 0 Å². The number of rotatable bonds is 4. The fourth-order valence-corrected chi connectivity index (χ4v) is 2.21. The van der Waals surface area contributed by atoms with Crippen LogP contribution in [0, 0.1) is 0 Å². The summed E-state index contributed by atoms with van der Waals surface area (Å²) in [5, 5.41) is 10.7. The van der Waals surface area contributed by atoms with E-state index in [4.69, 9.17) is 13.9 Å². The third-order valence-corrected chi connectivity index (χ3v) is 3.23. The minimum Gasteiger partial charge on any atom is -0.504 e. The molecule has 0 saturated carbocycles. The minimum absolute atomic E-state index is 0.0749. The Kier molecular flexibility index (Phi) is 3.70. The summed E-state index contributed by atoms with van der Waals surface area (Å²) in [4.78, 5) is 11.4. The van der Waals surface area contributed by atoms with Crippen molar-refractivity contribution in [3.05, 3.63) is 64.5 Å². The van der Waals surface area contributed by atoms with Crippen molar-refractivity contribution in [3.63, 3.8) is 0 Å². The van der Waals surface area contributed by atoms with E-state index in [-0.39, 0.29) is 29.4 Å². The van der Waals surface area contributed by atoms with Crippen molar-refractivity contribution in [1.29, 1.82) is 0 Å². The molecule has 112 valence electrons. The Bertz CT molecular complexity index is 852. The molecule has 22 heavy (non-hydrogen) atoms. The van der Waals surface area contributed by atoms with Gasteiger partial charge in [0.1, 0.15) is 6.61 Å². The zero-order valence-electron chi connectivity index (χ0n) is 11.9. The number of hydrogen-bond donors (Lipinski definition) is 1. The van der Waals surface area contributed by atoms with Gasteiger partial charge in [0.2, 0.25) is 11.5 Å². The van der Waals surface area contributed by atoms with Gasteiger partial charge in [0, 0.05) is 11.5 Å². The zero-order valence-corrected chi connectivity index (χ0v) is 11.9. The summed E-state index contributed by atoms with van der Waals surface area (Å²) in [6, 6.07) is 13.8. The van der Waals surface area contributed by atoms with Crippen molar-refractivity contribution in [2.75, 3.05) is 7.11 Å². The average Bonchev–Trinajstić information content (AvgIpc) is 2.54. The Hall–Kier alpha value is -2.95. The van der Waals surface area contributed by atoms with Gasteiger partial charge >= 0.3 is 5.63 Å². The topological polar surface area (TPSA) is 68.9 Å². The number of methoxy groups -OCH3 is 1.